The molecule has 4 aromatic rings. The maximum absolute atomic E-state index is 13.1. The number of carbonyl (C=O) groups is 2. The number of carbonyl (C=O) groups excluding carboxylic acids is 2. The molecule has 0 radical (unpaired) electrons. The van der Waals surface area contributed by atoms with E-state index >= 15 is 0 Å². The van der Waals surface area contributed by atoms with Crippen molar-refractivity contribution < 1.29 is 28.1 Å². The number of benzene rings is 4. The SMILES string of the molecule is COC(=O)CCC(CP12(Oc3cccc4cccc1c34)Oc1cccc3cccc2c13)C(=O)OC. The minimum absolute atomic E-state index is 0.0943. The quantitative estimate of drug-likeness (QED) is 0.285. The van der Waals surface area contributed by atoms with Crippen LogP contribution in [0.2, 0.25) is 0 Å². The van der Waals surface area contributed by atoms with E-state index in [1.807, 2.05) is 36.4 Å². The van der Waals surface area contributed by atoms with Crippen LogP contribution < -0.4 is 19.7 Å². The van der Waals surface area contributed by atoms with Gasteiger partial charge in [0, 0.05) is 0 Å². The molecule has 178 valence electrons. The molecule has 0 amide bonds. The molecular weight excluding hydrogens is 463 g/mol. The fourth-order valence-electron chi connectivity index (χ4n) is 5.76. The molecule has 0 saturated heterocycles. The molecule has 2 aliphatic rings. The molecule has 1 unspecified atom stereocenters. The van der Waals surface area contributed by atoms with Crippen molar-refractivity contribution in [1.82, 2.24) is 0 Å². The van der Waals surface area contributed by atoms with E-state index in [0.717, 1.165) is 43.7 Å². The molecule has 0 aliphatic carbocycles. The average Bonchev–Trinajstić information content (AvgIpc) is 3.34. The molecule has 0 fully saturated rings. The standard InChI is InChI=1S/C28H25O6P/c1-31-25(29)16-15-20(28(30)32-2)17-35(23-13-5-9-18-7-3-11-21(33-35)26(18)23)24-14-6-10-19-8-4-12-22(34-35)27(19)24/h3-14,20H,15-17H2,1-2H3. The number of esters is 2. The second-order valence-electron chi connectivity index (χ2n) is 9.09. The summed E-state index contributed by atoms with van der Waals surface area (Å²) in [5.74, 6) is 0.0909. The molecule has 4 aromatic carbocycles. The van der Waals surface area contributed by atoms with Crippen LogP contribution in [0.5, 0.6) is 11.5 Å². The third-order valence-electron chi connectivity index (χ3n) is 7.26. The van der Waals surface area contributed by atoms with Crippen molar-refractivity contribution in [2.45, 2.75) is 12.8 Å². The Balaban J connectivity index is 1.63. The third kappa shape index (κ3) is 2.93. The third-order valence-corrected chi connectivity index (χ3v) is 12.2. The molecule has 0 N–H and O–H groups in total. The summed E-state index contributed by atoms with van der Waals surface area (Å²) in [6.07, 6.45) is 0.622. The number of hydrogen-bond donors (Lipinski definition) is 0. The van der Waals surface area contributed by atoms with Gasteiger partial charge in [-0.15, -0.1) is 0 Å². The first kappa shape index (κ1) is 21.9. The number of rotatable bonds is 6. The summed E-state index contributed by atoms with van der Waals surface area (Å²) in [5, 5.41) is 6.07. The van der Waals surface area contributed by atoms with Gasteiger partial charge in [-0.1, -0.05) is 0 Å². The molecule has 0 aromatic heterocycles. The second-order valence-corrected chi connectivity index (χ2v) is 13.0. The second kappa shape index (κ2) is 7.69. The van der Waals surface area contributed by atoms with E-state index in [2.05, 4.69) is 36.4 Å². The van der Waals surface area contributed by atoms with Crippen LogP contribution in [0.4, 0.5) is 0 Å². The van der Waals surface area contributed by atoms with Gasteiger partial charge in [0.05, 0.1) is 0 Å². The molecule has 1 spiro atoms. The molecular formula is C28H25O6P. The minimum atomic E-state index is -3.93. The van der Waals surface area contributed by atoms with Gasteiger partial charge >= 0.3 is 203 Å². The summed E-state index contributed by atoms with van der Waals surface area (Å²) in [7, 11) is -1.21. The van der Waals surface area contributed by atoms with Crippen LogP contribution in [0.25, 0.3) is 21.5 Å². The van der Waals surface area contributed by atoms with Crippen LogP contribution in [-0.4, -0.2) is 32.3 Å². The molecule has 6 rings (SSSR count). The monoisotopic (exact) mass is 488 g/mol. The zero-order valence-corrected chi connectivity index (χ0v) is 20.4. The summed E-state index contributed by atoms with van der Waals surface area (Å²) in [6.45, 7) is 0. The van der Waals surface area contributed by atoms with E-state index in [0.29, 0.717) is 0 Å². The van der Waals surface area contributed by atoms with Crippen LogP contribution in [0.3, 0.4) is 0 Å². The zero-order valence-electron chi connectivity index (χ0n) is 19.5. The number of methoxy groups -OCH3 is 2. The van der Waals surface area contributed by atoms with Crippen molar-refractivity contribution >= 4 is 51.1 Å². The molecule has 35 heavy (non-hydrogen) atoms. The van der Waals surface area contributed by atoms with E-state index in [1.165, 1.54) is 14.2 Å². The number of hydrogen-bond acceptors (Lipinski definition) is 6. The predicted molar refractivity (Wildman–Crippen MR) is 137 cm³/mol. The van der Waals surface area contributed by atoms with Crippen LogP contribution >= 0.6 is 7.06 Å². The van der Waals surface area contributed by atoms with E-state index in [9.17, 15) is 9.59 Å². The van der Waals surface area contributed by atoms with Crippen LogP contribution in [0.1, 0.15) is 12.8 Å². The van der Waals surface area contributed by atoms with Gasteiger partial charge < -0.3 is 0 Å². The normalized spacial score (nSPS) is 17.8. The van der Waals surface area contributed by atoms with Crippen molar-refractivity contribution in [3.8, 4) is 11.5 Å². The van der Waals surface area contributed by atoms with Crippen molar-refractivity contribution in [1.29, 1.82) is 0 Å². The zero-order chi connectivity index (χ0) is 24.2. The summed E-state index contributed by atoms with van der Waals surface area (Å²) < 4.78 is 24.2. The van der Waals surface area contributed by atoms with Crippen molar-refractivity contribution in [3.63, 3.8) is 0 Å². The first-order valence-corrected chi connectivity index (χ1v) is 13.9. The number of fused-ring (bicyclic) bond motifs is 2. The maximum atomic E-state index is 13.1. The van der Waals surface area contributed by atoms with Crippen molar-refractivity contribution in [3.05, 3.63) is 72.8 Å². The first-order chi connectivity index (χ1) is 17.0. The molecule has 7 heteroatoms. The van der Waals surface area contributed by atoms with Gasteiger partial charge in [-0.3, -0.25) is 0 Å². The topological polar surface area (TPSA) is 71.1 Å². The molecule has 2 heterocycles. The van der Waals surface area contributed by atoms with Gasteiger partial charge in [0.1, 0.15) is 0 Å². The Morgan fingerprint density at radius 2 is 1.29 bits per heavy atom. The van der Waals surface area contributed by atoms with Crippen LogP contribution in [-0.2, 0) is 19.1 Å². The molecule has 1 atom stereocenters. The summed E-state index contributed by atoms with van der Waals surface area (Å²) in [5.41, 5.74) is 0. The van der Waals surface area contributed by atoms with Crippen molar-refractivity contribution in [2.75, 3.05) is 20.4 Å². The van der Waals surface area contributed by atoms with Crippen LogP contribution in [0.15, 0.2) is 72.8 Å². The van der Waals surface area contributed by atoms with E-state index in [4.69, 9.17) is 18.5 Å². The summed E-state index contributed by atoms with van der Waals surface area (Å²) in [6, 6.07) is 24.3. The number of ether oxygens (including phenoxy) is 2. The fourth-order valence-corrected chi connectivity index (χ4v) is 11.4. The Bertz CT molecular complexity index is 1420. The van der Waals surface area contributed by atoms with Gasteiger partial charge in [-0.2, -0.15) is 0 Å². The van der Waals surface area contributed by atoms with Gasteiger partial charge in [-0.25, -0.2) is 0 Å². The first-order valence-electron chi connectivity index (χ1n) is 11.6. The Morgan fingerprint density at radius 1 is 0.771 bits per heavy atom. The van der Waals surface area contributed by atoms with Gasteiger partial charge in [0.15, 0.2) is 0 Å². The molecule has 2 aliphatic heterocycles. The van der Waals surface area contributed by atoms with Crippen molar-refractivity contribution in [2.24, 2.45) is 5.92 Å². The fraction of sp³-hybridized carbons (Fsp3) is 0.214. The van der Waals surface area contributed by atoms with E-state index in [1.54, 1.807) is 0 Å². The molecule has 0 saturated carbocycles. The Morgan fingerprint density at radius 3 is 1.77 bits per heavy atom. The van der Waals surface area contributed by atoms with E-state index < -0.39 is 18.9 Å². The van der Waals surface area contributed by atoms with E-state index in [-0.39, 0.29) is 25.0 Å². The average molecular weight is 488 g/mol. The summed E-state index contributed by atoms with van der Waals surface area (Å²) in [4.78, 5) is 25.1. The molecule has 0 bridgehead atoms. The summed E-state index contributed by atoms with van der Waals surface area (Å²) >= 11 is 0. The van der Waals surface area contributed by atoms with Gasteiger partial charge in [-0.05, 0) is 0 Å². The molecule has 6 nitrogen and oxygen atoms in total. The Labute approximate surface area is 202 Å². The van der Waals surface area contributed by atoms with Gasteiger partial charge in [0.2, 0.25) is 0 Å². The Hall–Kier alpha value is -3.63. The van der Waals surface area contributed by atoms with Gasteiger partial charge in [0.25, 0.3) is 0 Å². The Kier molecular flexibility index (Phi) is 4.81. The predicted octanol–water partition coefficient (Wildman–Crippen LogP) is 4.85. The van der Waals surface area contributed by atoms with Crippen LogP contribution in [0, 0.1) is 5.92 Å².